The van der Waals surface area contributed by atoms with Crippen LogP contribution in [0, 0.1) is 5.92 Å². The monoisotopic (exact) mass is 888 g/mol. The molecule has 4 aromatic carbocycles. The number of benzene rings is 4. The summed E-state index contributed by atoms with van der Waals surface area (Å²) < 4.78 is 15.3. The molecular weight excluding hydrogens is 837 g/mol. The van der Waals surface area contributed by atoms with Crippen LogP contribution in [-0.4, -0.2) is 107 Å². The zero-order valence-electron chi connectivity index (χ0n) is 37.0. The molecule has 66 heavy (non-hydrogen) atoms. The van der Waals surface area contributed by atoms with E-state index >= 15 is 0 Å². The number of likely N-dealkylation sites (tertiary alicyclic amines) is 2. The molecule has 15 heteroatoms. The van der Waals surface area contributed by atoms with Gasteiger partial charge < -0.3 is 39.6 Å². The topological polar surface area (TPSA) is 180 Å². The first-order chi connectivity index (χ1) is 32.3. The molecule has 4 amide bonds. The first-order valence-electron chi connectivity index (χ1n) is 22.8. The van der Waals surface area contributed by atoms with Crippen LogP contribution in [0.4, 0.5) is 9.59 Å². The van der Waals surface area contributed by atoms with E-state index in [1.807, 2.05) is 9.80 Å². The second-order valence-electron chi connectivity index (χ2n) is 17.5. The third-order valence-corrected chi connectivity index (χ3v) is 13.7. The second-order valence-corrected chi connectivity index (χ2v) is 17.5. The van der Waals surface area contributed by atoms with Crippen molar-refractivity contribution in [3.8, 4) is 11.1 Å². The SMILES string of the molecule is COC(=O)NC(C(=O)N1CCC[C@H]1C1=NC(c2ccc3cc(-c4ccc5c(ccc6[nH]c([C@@H]7CCCN7C(=O)[C@@H](NC(=O)OC)C7CCOCC7)nc65)c4)ccc3c2)=CC1)c1cccnc1. The van der Waals surface area contributed by atoms with Gasteiger partial charge in [0.15, 0.2) is 0 Å². The molecule has 338 valence electrons. The van der Waals surface area contributed by atoms with E-state index in [-0.39, 0.29) is 29.8 Å². The van der Waals surface area contributed by atoms with Crippen LogP contribution in [0.5, 0.6) is 0 Å². The maximum absolute atomic E-state index is 14.1. The first-order valence-corrected chi connectivity index (χ1v) is 22.8. The summed E-state index contributed by atoms with van der Waals surface area (Å²) in [6.45, 7) is 2.27. The third kappa shape index (κ3) is 8.34. The standard InChI is InChI=1S/C51H52N8O7/c1-64-50(62)56-44(30-19-24-66-25-20-30)48(60)59-23-5-8-43(59)47-54-41-16-14-35-27-34(13-15-38(35)46(41)55-47)31-9-10-33-28-36(12-11-32(33)26-31)39-17-18-40(53-39)42-7-4-22-58(42)49(61)45(57-51(63)65-2)37-6-3-21-52-29-37/h3,6,9-17,21,26-30,42-45H,4-5,7-8,18-20,22-25H2,1-2H3,(H,54,55)(H,56,62)(H,57,63)/t42-,43-,44-,45?/m0/s1. The summed E-state index contributed by atoms with van der Waals surface area (Å²) in [6, 6.07) is 25.0. The summed E-state index contributed by atoms with van der Waals surface area (Å²) in [6.07, 6.45) is 9.33. The Morgan fingerprint density at radius 2 is 1.42 bits per heavy atom. The molecule has 1 unspecified atom stereocenters. The number of imidazole rings is 1. The predicted octanol–water partition coefficient (Wildman–Crippen LogP) is 8.02. The fourth-order valence-electron chi connectivity index (χ4n) is 10.2. The number of allylic oxidation sites excluding steroid dienone is 1. The quantitative estimate of drug-likeness (QED) is 0.123. The fraction of sp³-hybridized carbons (Fsp3) is 0.353. The molecule has 4 aliphatic rings. The highest BCUT2D eigenvalue weighted by Gasteiger charge is 2.41. The number of carbonyl (C=O) groups excluding carboxylic acids is 4. The zero-order chi connectivity index (χ0) is 45.3. The Hall–Kier alpha value is -7.13. The molecular formula is C51H52N8O7. The van der Waals surface area contributed by atoms with Gasteiger partial charge >= 0.3 is 12.2 Å². The number of pyridine rings is 1. The first kappa shape index (κ1) is 42.8. The molecule has 0 spiro atoms. The Labute approximate surface area is 381 Å². The molecule has 4 aliphatic heterocycles. The summed E-state index contributed by atoms with van der Waals surface area (Å²) in [5.74, 6) is 0.389. The number of aromatic nitrogens is 3. The number of carbonyl (C=O) groups is 4. The van der Waals surface area contributed by atoms with Crippen molar-refractivity contribution < 1.29 is 33.4 Å². The van der Waals surface area contributed by atoms with Crippen LogP contribution in [0.3, 0.4) is 0 Å². The number of aliphatic imine (C=N–C) groups is 1. The molecule has 6 aromatic rings. The van der Waals surface area contributed by atoms with Crippen molar-refractivity contribution >= 4 is 68.0 Å². The number of nitrogens with one attached hydrogen (secondary N) is 3. The molecule has 3 N–H and O–H groups in total. The van der Waals surface area contributed by atoms with Gasteiger partial charge in [-0.25, -0.2) is 14.6 Å². The van der Waals surface area contributed by atoms with Crippen LogP contribution < -0.4 is 10.6 Å². The Morgan fingerprint density at radius 1 is 0.758 bits per heavy atom. The molecule has 0 bridgehead atoms. The van der Waals surface area contributed by atoms with Crippen molar-refractivity contribution in [2.45, 2.75) is 69.1 Å². The van der Waals surface area contributed by atoms with Crippen molar-refractivity contribution in [2.75, 3.05) is 40.5 Å². The molecule has 15 nitrogen and oxygen atoms in total. The Bertz CT molecular complexity index is 2910. The molecule has 3 fully saturated rings. The van der Waals surface area contributed by atoms with E-state index in [0.717, 1.165) is 92.2 Å². The maximum atomic E-state index is 14.1. The van der Waals surface area contributed by atoms with Gasteiger partial charge in [-0.2, -0.15) is 0 Å². The predicted molar refractivity (Wildman–Crippen MR) is 250 cm³/mol. The smallest absolute Gasteiger partial charge is 0.407 e. The lowest BCUT2D eigenvalue weighted by Crippen LogP contribution is -2.53. The van der Waals surface area contributed by atoms with Crippen LogP contribution in [-0.2, 0) is 23.8 Å². The zero-order valence-corrected chi connectivity index (χ0v) is 37.0. The lowest BCUT2D eigenvalue weighted by molar-refractivity contribution is -0.137. The Kier molecular flexibility index (Phi) is 11.9. The highest BCUT2D eigenvalue weighted by atomic mass is 16.5. The van der Waals surface area contributed by atoms with E-state index in [2.05, 4.69) is 93.4 Å². The fourth-order valence-corrected chi connectivity index (χ4v) is 10.2. The van der Waals surface area contributed by atoms with E-state index in [0.29, 0.717) is 51.1 Å². The van der Waals surface area contributed by atoms with Crippen LogP contribution in [0.25, 0.3) is 49.4 Å². The summed E-state index contributed by atoms with van der Waals surface area (Å²) >= 11 is 0. The van der Waals surface area contributed by atoms with Gasteiger partial charge in [-0.05, 0) is 102 Å². The normalized spacial score (nSPS) is 19.7. The number of rotatable bonds is 10. The van der Waals surface area contributed by atoms with Gasteiger partial charge in [0.05, 0.1) is 43.0 Å². The Morgan fingerprint density at radius 3 is 2.17 bits per heavy atom. The number of hydrogen-bond acceptors (Lipinski definition) is 10. The van der Waals surface area contributed by atoms with Crippen LogP contribution in [0.1, 0.15) is 74.0 Å². The summed E-state index contributed by atoms with van der Waals surface area (Å²) in [7, 11) is 2.59. The van der Waals surface area contributed by atoms with Gasteiger partial charge in [-0.15, -0.1) is 0 Å². The lowest BCUT2D eigenvalue weighted by Gasteiger charge is -2.34. The number of aromatic amines is 1. The number of alkyl carbamates (subject to hydrolysis) is 2. The number of hydrogen-bond donors (Lipinski definition) is 3. The van der Waals surface area contributed by atoms with Crippen LogP contribution in [0.15, 0.2) is 102 Å². The maximum Gasteiger partial charge on any atom is 0.407 e. The van der Waals surface area contributed by atoms with Crippen LogP contribution >= 0.6 is 0 Å². The van der Waals surface area contributed by atoms with E-state index in [4.69, 9.17) is 24.2 Å². The highest BCUT2D eigenvalue weighted by molar-refractivity contribution is 6.06. The van der Waals surface area contributed by atoms with Gasteiger partial charge in [-0.1, -0.05) is 54.6 Å². The van der Waals surface area contributed by atoms with E-state index in [1.54, 1.807) is 24.5 Å². The lowest BCUT2D eigenvalue weighted by atomic mass is 9.90. The Balaban J connectivity index is 0.850. The van der Waals surface area contributed by atoms with Crippen molar-refractivity contribution in [1.29, 1.82) is 0 Å². The number of fused-ring (bicyclic) bond motifs is 4. The van der Waals surface area contributed by atoms with E-state index in [1.165, 1.54) is 14.2 Å². The largest absolute Gasteiger partial charge is 0.453 e. The van der Waals surface area contributed by atoms with Gasteiger partial charge in [0.25, 0.3) is 5.91 Å². The molecule has 3 saturated heterocycles. The van der Waals surface area contributed by atoms with Crippen molar-refractivity contribution in [3.63, 3.8) is 0 Å². The summed E-state index contributed by atoms with van der Waals surface area (Å²) in [5, 5.41) is 9.83. The van der Waals surface area contributed by atoms with Crippen molar-refractivity contribution in [3.05, 3.63) is 114 Å². The second kappa shape index (κ2) is 18.4. The molecule has 0 saturated carbocycles. The van der Waals surface area contributed by atoms with Crippen molar-refractivity contribution in [2.24, 2.45) is 10.9 Å². The molecule has 0 radical (unpaired) electrons. The van der Waals surface area contributed by atoms with Gasteiger partial charge in [0, 0.05) is 67.3 Å². The minimum atomic E-state index is -0.920. The molecule has 0 aliphatic carbocycles. The molecule has 4 atom stereocenters. The molecule has 10 rings (SSSR count). The van der Waals surface area contributed by atoms with E-state index < -0.39 is 24.3 Å². The van der Waals surface area contributed by atoms with Gasteiger partial charge in [0.1, 0.15) is 17.9 Å². The van der Waals surface area contributed by atoms with Crippen molar-refractivity contribution in [1.82, 2.24) is 35.4 Å². The average Bonchev–Trinajstić information content (AvgIpc) is 4.21. The van der Waals surface area contributed by atoms with E-state index in [9.17, 15) is 19.2 Å². The van der Waals surface area contributed by atoms with Gasteiger partial charge in [0.2, 0.25) is 5.91 Å². The number of amides is 4. The highest BCUT2D eigenvalue weighted by Crippen LogP contribution is 2.37. The minimum absolute atomic E-state index is 0.0349. The number of H-pyrrole nitrogens is 1. The third-order valence-electron chi connectivity index (χ3n) is 13.7. The van der Waals surface area contributed by atoms with Gasteiger partial charge in [-0.3, -0.25) is 19.6 Å². The number of methoxy groups -OCH3 is 2. The summed E-state index contributed by atoms with van der Waals surface area (Å²) in [4.78, 5) is 74.4. The summed E-state index contributed by atoms with van der Waals surface area (Å²) in [5.41, 5.74) is 7.37. The molecule has 2 aromatic heterocycles. The van der Waals surface area contributed by atoms with Crippen LogP contribution in [0.2, 0.25) is 0 Å². The number of ether oxygens (including phenoxy) is 3. The number of nitrogens with zero attached hydrogens (tertiary/aromatic N) is 5. The molecule has 6 heterocycles. The average molecular weight is 889 g/mol. The minimum Gasteiger partial charge on any atom is -0.453 e.